The maximum Gasteiger partial charge on any atom is 0.317 e. The molecule has 0 radical (unpaired) electrons. The highest BCUT2D eigenvalue weighted by Gasteiger charge is 2.22. The molecule has 6 heteroatoms. The third kappa shape index (κ3) is 4.18. The number of hydrogen-bond acceptors (Lipinski definition) is 4. The fraction of sp³-hybridized carbons (Fsp3) is 0.714. The van der Waals surface area contributed by atoms with Gasteiger partial charge in [0.1, 0.15) is 0 Å². The summed E-state index contributed by atoms with van der Waals surface area (Å²) < 4.78 is 0. The van der Waals surface area contributed by atoms with Crippen LogP contribution in [0.4, 0.5) is 4.79 Å². The molecule has 0 unspecified atom stereocenters. The molecule has 2 rings (SSSR count). The number of aliphatic hydroxyl groups excluding tert-OH is 1. The summed E-state index contributed by atoms with van der Waals surface area (Å²) >= 11 is 1.64. The number of thiazole rings is 1. The van der Waals surface area contributed by atoms with Crippen molar-refractivity contribution >= 4 is 17.4 Å². The van der Waals surface area contributed by atoms with E-state index in [1.54, 1.807) is 23.3 Å². The molecule has 2 amide bonds. The molecule has 1 saturated carbocycles. The van der Waals surface area contributed by atoms with Crippen LogP contribution >= 0.6 is 11.3 Å². The van der Waals surface area contributed by atoms with Gasteiger partial charge >= 0.3 is 6.03 Å². The van der Waals surface area contributed by atoms with Gasteiger partial charge in [-0.2, -0.15) is 0 Å². The van der Waals surface area contributed by atoms with Crippen LogP contribution in [0, 0.1) is 0 Å². The molecule has 1 aliphatic rings. The summed E-state index contributed by atoms with van der Waals surface area (Å²) in [6, 6.07) is 0.132. The van der Waals surface area contributed by atoms with Crippen LogP contribution in [0.15, 0.2) is 5.38 Å². The monoisotopic (exact) mass is 297 g/mol. The van der Waals surface area contributed by atoms with Crippen LogP contribution in [0.2, 0.25) is 0 Å². The Hall–Kier alpha value is -1.14. The van der Waals surface area contributed by atoms with Crippen LogP contribution in [0.5, 0.6) is 0 Å². The predicted octanol–water partition coefficient (Wildman–Crippen LogP) is 2.15. The van der Waals surface area contributed by atoms with Gasteiger partial charge in [0.2, 0.25) is 0 Å². The zero-order valence-corrected chi connectivity index (χ0v) is 12.9. The lowest BCUT2D eigenvalue weighted by Gasteiger charge is -2.28. The minimum Gasteiger partial charge on any atom is -0.393 e. The van der Waals surface area contributed by atoms with Gasteiger partial charge in [0.15, 0.2) is 0 Å². The highest BCUT2D eigenvalue weighted by Crippen LogP contribution is 2.18. The molecule has 0 spiro atoms. The van der Waals surface area contributed by atoms with E-state index in [4.69, 9.17) is 0 Å². The second-order valence-electron chi connectivity index (χ2n) is 5.40. The summed E-state index contributed by atoms with van der Waals surface area (Å²) in [5.41, 5.74) is 0.948. The van der Waals surface area contributed by atoms with E-state index in [2.05, 4.69) is 17.2 Å². The summed E-state index contributed by atoms with van der Waals surface area (Å²) in [7, 11) is 1.79. The lowest BCUT2D eigenvalue weighted by atomic mass is 9.93. The molecule has 0 bridgehead atoms. The first-order chi connectivity index (χ1) is 9.58. The Labute approximate surface area is 124 Å². The van der Waals surface area contributed by atoms with Crippen molar-refractivity contribution in [3.05, 3.63) is 16.1 Å². The zero-order chi connectivity index (χ0) is 14.5. The molecule has 5 nitrogen and oxygen atoms in total. The van der Waals surface area contributed by atoms with E-state index in [0.717, 1.165) is 42.8 Å². The largest absolute Gasteiger partial charge is 0.393 e. The molecule has 1 aliphatic carbocycles. The Morgan fingerprint density at radius 3 is 2.80 bits per heavy atom. The van der Waals surface area contributed by atoms with Gasteiger partial charge in [-0.05, 0) is 32.1 Å². The quantitative estimate of drug-likeness (QED) is 0.895. The van der Waals surface area contributed by atoms with Gasteiger partial charge in [0.05, 0.1) is 23.4 Å². The summed E-state index contributed by atoms with van der Waals surface area (Å²) in [5, 5.41) is 15.6. The number of nitrogens with one attached hydrogen (secondary N) is 1. The number of hydrogen-bond donors (Lipinski definition) is 2. The normalized spacial score (nSPS) is 22.6. The molecule has 0 atom stereocenters. The molecule has 0 saturated heterocycles. The van der Waals surface area contributed by atoms with Crippen molar-refractivity contribution in [1.82, 2.24) is 15.2 Å². The van der Waals surface area contributed by atoms with Gasteiger partial charge in [-0.25, -0.2) is 9.78 Å². The van der Waals surface area contributed by atoms with Gasteiger partial charge in [0, 0.05) is 18.5 Å². The Balaban J connectivity index is 1.79. The molecule has 0 aromatic carbocycles. The van der Waals surface area contributed by atoms with Crippen LogP contribution in [-0.4, -0.2) is 40.2 Å². The molecule has 112 valence electrons. The highest BCUT2D eigenvalue weighted by molar-refractivity contribution is 7.09. The third-order valence-electron chi connectivity index (χ3n) is 3.67. The van der Waals surface area contributed by atoms with Crippen molar-refractivity contribution in [2.24, 2.45) is 0 Å². The maximum atomic E-state index is 12.1. The fourth-order valence-corrected chi connectivity index (χ4v) is 3.14. The van der Waals surface area contributed by atoms with Crippen LogP contribution in [-0.2, 0) is 13.0 Å². The van der Waals surface area contributed by atoms with Crippen molar-refractivity contribution in [3.8, 4) is 0 Å². The molecular formula is C14H23N3O2S. The molecular weight excluding hydrogens is 274 g/mol. The second kappa shape index (κ2) is 7.04. The van der Waals surface area contributed by atoms with Crippen LogP contribution in [0.25, 0.3) is 0 Å². The summed E-state index contributed by atoms with van der Waals surface area (Å²) in [4.78, 5) is 18.2. The van der Waals surface area contributed by atoms with Crippen LogP contribution < -0.4 is 5.32 Å². The van der Waals surface area contributed by atoms with Gasteiger partial charge in [-0.1, -0.05) is 6.92 Å². The number of aliphatic hydroxyl groups is 1. The molecule has 1 heterocycles. The maximum absolute atomic E-state index is 12.1. The van der Waals surface area contributed by atoms with Crippen LogP contribution in [0.3, 0.4) is 0 Å². The number of nitrogens with zero attached hydrogens (tertiary/aromatic N) is 2. The molecule has 1 fully saturated rings. The van der Waals surface area contributed by atoms with Gasteiger partial charge in [-0.15, -0.1) is 11.3 Å². The molecule has 2 N–H and O–H groups in total. The van der Waals surface area contributed by atoms with E-state index < -0.39 is 0 Å². The topological polar surface area (TPSA) is 65.5 Å². The van der Waals surface area contributed by atoms with Crippen LogP contribution in [0.1, 0.15) is 43.3 Å². The van der Waals surface area contributed by atoms with E-state index >= 15 is 0 Å². The van der Waals surface area contributed by atoms with E-state index in [9.17, 15) is 9.90 Å². The standard InChI is InChI=1S/C14H23N3O2S/c1-3-13-15-11(9-20-13)8-17(2)14(19)16-10-4-6-12(18)7-5-10/h9-10,12,18H,3-8H2,1-2H3,(H,16,19). The van der Waals surface area contributed by atoms with E-state index in [1.165, 1.54) is 0 Å². The number of carbonyl (C=O) groups excluding carboxylic acids is 1. The Morgan fingerprint density at radius 1 is 1.50 bits per heavy atom. The Morgan fingerprint density at radius 2 is 2.20 bits per heavy atom. The Bertz CT molecular complexity index is 441. The van der Waals surface area contributed by atoms with Gasteiger partial charge in [-0.3, -0.25) is 0 Å². The second-order valence-corrected chi connectivity index (χ2v) is 6.34. The van der Waals surface area contributed by atoms with Crippen molar-refractivity contribution in [3.63, 3.8) is 0 Å². The first-order valence-corrected chi connectivity index (χ1v) is 8.09. The van der Waals surface area contributed by atoms with Gasteiger partial charge in [0.25, 0.3) is 0 Å². The predicted molar refractivity (Wildman–Crippen MR) is 79.8 cm³/mol. The average Bonchev–Trinajstić information content (AvgIpc) is 2.89. The van der Waals surface area contributed by atoms with E-state index in [1.807, 2.05) is 5.38 Å². The lowest BCUT2D eigenvalue weighted by molar-refractivity contribution is 0.115. The lowest BCUT2D eigenvalue weighted by Crippen LogP contribution is -2.44. The number of amides is 2. The number of carbonyl (C=O) groups is 1. The van der Waals surface area contributed by atoms with Crippen molar-refractivity contribution in [2.75, 3.05) is 7.05 Å². The average molecular weight is 297 g/mol. The van der Waals surface area contributed by atoms with Crippen molar-refractivity contribution in [1.29, 1.82) is 0 Å². The minimum absolute atomic E-state index is 0.0579. The van der Waals surface area contributed by atoms with Gasteiger partial charge < -0.3 is 15.3 Å². The zero-order valence-electron chi connectivity index (χ0n) is 12.1. The van der Waals surface area contributed by atoms with E-state index in [-0.39, 0.29) is 18.2 Å². The summed E-state index contributed by atoms with van der Waals surface area (Å²) in [5.74, 6) is 0. The molecule has 1 aromatic heterocycles. The van der Waals surface area contributed by atoms with Crippen molar-refractivity contribution in [2.45, 2.75) is 57.7 Å². The minimum atomic E-state index is -0.191. The SMILES string of the molecule is CCc1nc(CN(C)C(=O)NC2CCC(O)CC2)cs1. The first-order valence-electron chi connectivity index (χ1n) is 7.21. The third-order valence-corrected chi connectivity index (χ3v) is 4.71. The fourth-order valence-electron chi connectivity index (χ4n) is 2.40. The first kappa shape index (κ1) is 15.3. The number of aromatic nitrogens is 1. The van der Waals surface area contributed by atoms with Crippen molar-refractivity contribution < 1.29 is 9.90 Å². The molecule has 0 aliphatic heterocycles. The highest BCUT2D eigenvalue weighted by atomic mass is 32.1. The number of aryl methyl sites for hydroxylation is 1. The Kier molecular flexibility index (Phi) is 5.37. The summed E-state index contributed by atoms with van der Waals surface area (Å²) in [6.45, 7) is 2.62. The molecule has 20 heavy (non-hydrogen) atoms. The summed E-state index contributed by atoms with van der Waals surface area (Å²) in [6.07, 6.45) is 4.02. The van der Waals surface area contributed by atoms with E-state index in [0.29, 0.717) is 6.54 Å². The smallest absolute Gasteiger partial charge is 0.317 e. The number of rotatable bonds is 4. The number of urea groups is 1. The molecule has 1 aromatic rings.